The maximum Gasteiger partial charge on any atom is 0.335 e. The van der Waals surface area contributed by atoms with Crippen LogP contribution in [0.1, 0.15) is 27.5 Å². The van der Waals surface area contributed by atoms with Crippen molar-refractivity contribution in [2.45, 2.75) is 6.04 Å². The molecule has 0 aliphatic heterocycles. The highest BCUT2D eigenvalue weighted by atomic mass is 16.4. The Labute approximate surface area is 116 Å². The molecule has 0 aromatic heterocycles. The van der Waals surface area contributed by atoms with Crippen LogP contribution in [0.5, 0.6) is 0 Å². The molecule has 0 saturated carbocycles. The van der Waals surface area contributed by atoms with Crippen LogP contribution in [0.25, 0.3) is 0 Å². The molecular weight excluding hydrogens is 256 g/mol. The number of carboxylic acid groups (broad SMARTS) is 1. The highest BCUT2D eigenvalue weighted by Gasteiger charge is 2.16. The molecule has 2 rings (SSSR count). The molecule has 2 aromatic carbocycles. The van der Waals surface area contributed by atoms with Crippen LogP contribution in [-0.2, 0) is 0 Å². The Morgan fingerprint density at radius 3 is 2.25 bits per heavy atom. The first-order valence-electron chi connectivity index (χ1n) is 6.02. The van der Waals surface area contributed by atoms with E-state index in [1.807, 2.05) is 30.3 Å². The molecular formula is C15H14N2O3. The number of carbonyl (C=O) groups is 2. The topological polar surface area (TPSA) is 92.4 Å². The molecule has 2 amide bonds. The largest absolute Gasteiger partial charge is 0.478 e. The molecule has 5 nitrogen and oxygen atoms in total. The highest BCUT2D eigenvalue weighted by molar-refractivity contribution is 5.87. The van der Waals surface area contributed by atoms with E-state index in [-0.39, 0.29) is 5.56 Å². The summed E-state index contributed by atoms with van der Waals surface area (Å²) in [5, 5.41) is 11.7. The number of nitrogens with two attached hydrogens (primary N) is 1. The number of rotatable bonds is 4. The van der Waals surface area contributed by atoms with Crippen LogP contribution in [0.15, 0.2) is 54.6 Å². The lowest BCUT2D eigenvalue weighted by atomic mass is 9.97. The highest BCUT2D eigenvalue weighted by Crippen LogP contribution is 2.22. The summed E-state index contributed by atoms with van der Waals surface area (Å²) in [5.74, 6) is -1.02. The number of carbonyl (C=O) groups excluding carboxylic acids is 1. The van der Waals surface area contributed by atoms with Crippen molar-refractivity contribution < 1.29 is 14.7 Å². The zero-order valence-corrected chi connectivity index (χ0v) is 10.6. The van der Waals surface area contributed by atoms with Crippen LogP contribution in [0.4, 0.5) is 4.79 Å². The summed E-state index contributed by atoms with van der Waals surface area (Å²) in [7, 11) is 0. The second-order valence-electron chi connectivity index (χ2n) is 4.28. The van der Waals surface area contributed by atoms with Crippen LogP contribution in [0, 0.1) is 0 Å². The molecule has 0 fully saturated rings. The number of hydrogen-bond acceptors (Lipinski definition) is 2. The summed E-state index contributed by atoms with van der Waals surface area (Å²) >= 11 is 0. The van der Waals surface area contributed by atoms with Crippen LogP contribution in [-0.4, -0.2) is 17.1 Å². The quantitative estimate of drug-likeness (QED) is 0.794. The minimum Gasteiger partial charge on any atom is -0.478 e. The van der Waals surface area contributed by atoms with E-state index in [0.29, 0.717) is 5.56 Å². The molecule has 0 bridgehead atoms. The predicted octanol–water partition coefficient (Wildman–Crippen LogP) is 2.14. The standard InChI is InChI=1S/C15H14N2O3/c16-15(20)17-13(10-5-2-1-3-6-10)11-7-4-8-12(9-11)14(18)19/h1-9,13H,(H,18,19)(H3,16,17,20). The molecule has 20 heavy (non-hydrogen) atoms. The Hall–Kier alpha value is -2.82. The van der Waals surface area contributed by atoms with E-state index in [1.165, 1.54) is 12.1 Å². The molecule has 0 saturated heterocycles. The number of benzene rings is 2. The van der Waals surface area contributed by atoms with Crippen molar-refractivity contribution in [3.8, 4) is 0 Å². The van der Waals surface area contributed by atoms with E-state index in [0.717, 1.165) is 5.56 Å². The van der Waals surface area contributed by atoms with Gasteiger partial charge in [0.2, 0.25) is 0 Å². The molecule has 2 aromatic rings. The first-order chi connectivity index (χ1) is 9.58. The molecule has 0 spiro atoms. The number of hydrogen-bond donors (Lipinski definition) is 3. The SMILES string of the molecule is NC(=O)NC(c1ccccc1)c1cccc(C(=O)O)c1. The zero-order valence-electron chi connectivity index (χ0n) is 10.6. The van der Waals surface area contributed by atoms with Gasteiger partial charge in [0, 0.05) is 0 Å². The Morgan fingerprint density at radius 1 is 1.00 bits per heavy atom. The normalized spacial score (nSPS) is 11.6. The van der Waals surface area contributed by atoms with Crippen molar-refractivity contribution in [1.29, 1.82) is 0 Å². The van der Waals surface area contributed by atoms with Crippen molar-refractivity contribution >= 4 is 12.0 Å². The average molecular weight is 270 g/mol. The fourth-order valence-corrected chi connectivity index (χ4v) is 2.00. The lowest BCUT2D eigenvalue weighted by Crippen LogP contribution is -2.33. The van der Waals surface area contributed by atoms with Gasteiger partial charge in [-0.2, -0.15) is 0 Å². The van der Waals surface area contributed by atoms with Crippen molar-refractivity contribution in [2.75, 3.05) is 0 Å². The molecule has 1 unspecified atom stereocenters. The summed E-state index contributed by atoms with van der Waals surface area (Å²) < 4.78 is 0. The van der Waals surface area contributed by atoms with Gasteiger partial charge in [-0.25, -0.2) is 9.59 Å². The van der Waals surface area contributed by atoms with Crippen LogP contribution < -0.4 is 11.1 Å². The fourth-order valence-electron chi connectivity index (χ4n) is 2.00. The van der Waals surface area contributed by atoms with Crippen molar-refractivity contribution in [1.82, 2.24) is 5.32 Å². The first-order valence-corrected chi connectivity index (χ1v) is 6.02. The van der Waals surface area contributed by atoms with E-state index in [1.54, 1.807) is 12.1 Å². The number of aromatic carboxylic acids is 1. The van der Waals surface area contributed by atoms with Crippen LogP contribution >= 0.6 is 0 Å². The number of urea groups is 1. The Kier molecular flexibility index (Phi) is 4.00. The minimum absolute atomic E-state index is 0.162. The maximum atomic E-state index is 11.2. The molecule has 0 aliphatic rings. The molecule has 1 atom stereocenters. The lowest BCUT2D eigenvalue weighted by Gasteiger charge is -2.19. The molecule has 102 valence electrons. The van der Waals surface area contributed by atoms with Crippen LogP contribution in [0.2, 0.25) is 0 Å². The number of primary amides is 1. The van der Waals surface area contributed by atoms with Crippen LogP contribution in [0.3, 0.4) is 0 Å². The third-order valence-electron chi connectivity index (χ3n) is 2.89. The van der Waals surface area contributed by atoms with E-state index in [4.69, 9.17) is 10.8 Å². The van der Waals surface area contributed by atoms with Gasteiger partial charge in [-0.15, -0.1) is 0 Å². The Bertz CT molecular complexity index is 626. The molecule has 5 heteroatoms. The van der Waals surface area contributed by atoms with Gasteiger partial charge in [0.25, 0.3) is 0 Å². The van der Waals surface area contributed by atoms with Gasteiger partial charge in [0.05, 0.1) is 11.6 Å². The molecule has 4 N–H and O–H groups in total. The van der Waals surface area contributed by atoms with Gasteiger partial charge in [-0.1, -0.05) is 42.5 Å². The van der Waals surface area contributed by atoms with Gasteiger partial charge in [0.1, 0.15) is 0 Å². The monoisotopic (exact) mass is 270 g/mol. The second-order valence-corrected chi connectivity index (χ2v) is 4.28. The van der Waals surface area contributed by atoms with Gasteiger partial charge in [0.15, 0.2) is 0 Å². The predicted molar refractivity (Wildman–Crippen MR) is 74.4 cm³/mol. The van der Waals surface area contributed by atoms with Crippen molar-refractivity contribution in [3.05, 3.63) is 71.3 Å². The molecule has 0 radical (unpaired) electrons. The number of nitrogens with one attached hydrogen (secondary N) is 1. The van der Waals surface area contributed by atoms with Crippen molar-refractivity contribution in [3.63, 3.8) is 0 Å². The Balaban J connectivity index is 2.44. The number of carboxylic acids is 1. The van der Waals surface area contributed by atoms with Gasteiger partial charge in [-0.05, 0) is 23.3 Å². The third-order valence-corrected chi connectivity index (χ3v) is 2.89. The van der Waals surface area contributed by atoms with E-state index < -0.39 is 18.0 Å². The summed E-state index contributed by atoms with van der Waals surface area (Å²) in [4.78, 5) is 22.2. The number of amides is 2. The summed E-state index contributed by atoms with van der Waals surface area (Å²) in [6.45, 7) is 0. The zero-order chi connectivity index (χ0) is 14.5. The minimum atomic E-state index is -1.02. The van der Waals surface area contributed by atoms with Gasteiger partial charge < -0.3 is 16.2 Å². The van der Waals surface area contributed by atoms with E-state index in [9.17, 15) is 9.59 Å². The first kappa shape index (κ1) is 13.6. The Morgan fingerprint density at radius 2 is 1.65 bits per heavy atom. The van der Waals surface area contributed by atoms with Crippen molar-refractivity contribution in [2.24, 2.45) is 5.73 Å². The van der Waals surface area contributed by atoms with Gasteiger partial charge in [-0.3, -0.25) is 0 Å². The molecule has 0 heterocycles. The third kappa shape index (κ3) is 3.14. The average Bonchev–Trinajstić information content (AvgIpc) is 2.45. The lowest BCUT2D eigenvalue weighted by molar-refractivity contribution is 0.0696. The smallest absolute Gasteiger partial charge is 0.335 e. The second kappa shape index (κ2) is 5.88. The van der Waals surface area contributed by atoms with E-state index >= 15 is 0 Å². The molecule has 0 aliphatic carbocycles. The summed E-state index contributed by atoms with van der Waals surface area (Å²) in [5.41, 5.74) is 6.85. The van der Waals surface area contributed by atoms with Gasteiger partial charge >= 0.3 is 12.0 Å². The van der Waals surface area contributed by atoms with E-state index in [2.05, 4.69) is 5.32 Å². The summed E-state index contributed by atoms with van der Waals surface area (Å²) in [6, 6.07) is 14.5. The summed E-state index contributed by atoms with van der Waals surface area (Å²) in [6.07, 6.45) is 0. The maximum absolute atomic E-state index is 11.2. The fraction of sp³-hybridized carbons (Fsp3) is 0.0667.